The van der Waals surface area contributed by atoms with E-state index in [1.807, 2.05) is 0 Å². The molecule has 0 fully saturated rings. The van der Waals surface area contributed by atoms with Gasteiger partial charge in [0, 0.05) is 18.2 Å². The first-order valence-electron chi connectivity index (χ1n) is 6.95. The molecule has 17 heavy (non-hydrogen) atoms. The van der Waals surface area contributed by atoms with Crippen molar-refractivity contribution in [3.63, 3.8) is 0 Å². The third-order valence-electron chi connectivity index (χ3n) is 3.57. The van der Waals surface area contributed by atoms with Crippen molar-refractivity contribution >= 4 is 5.69 Å². The van der Waals surface area contributed by atoms with Crippen LogP contribution in [0.2, 0.25) is 0 Å². The Morgan fingerprint density at radius 2 is 2.12 bits per heavy atom. The predicted molar refractivity (Wildman–Crippen MR) is 74.7 cm³/mol. The molecule has 0 amide bonds. The normalized spacial score (nSPS) is 17.8. The van der Waals surface area contributed by atoms with Gasteiger partial charge in [-0.15, -0.1) is 0 Å². The Labute approximate surface area is 105 Å². The first-order chi connectivity index (χ1) is 8.42. The molecule has 1 heterocycles. The molecule has 2 heteroatoms. The van der Waals surface area contributed by atoms with Crippen LogP contribution in [0.3, 0.4) is 0 Å². The minimum absolute atomic E-state index is 0.699. The van der Waals surface area contributed by atoms with Crippen molar-refractivity contribution in [3.8, 4) is 0 Å². The van der Waals surface area contributed by atoms with E-state index in [0.29, 0.717) is 5.92 Å². The zero-order chi connectivity index (χ0) is 11.9. The highest BCUT2D eigenvalue weighted by Crippen LogP contribution is 2.32. The molecular weight excluding hydrogens is 208 g/mol. The Hall–Kier alpha value is -1.02. The van der Waals surface area contributed by atoms with E-state index >= 15 is 0 Å². The molecule has 0 aromatic heterocycles. The van der Waals surface area contributed by atoms with Gasteiger partial charge in [0.15, 0.2) is 0 Å². The summed E-state index contributed by atoms with van der Waals surface area (Å²) in [7, 11) is 0. The third-order valence-corrected chi connectivity index (χ3v) is 3.57. The minimum atomic E-state index is 0.699. The molecule has 0 aliphatic carbocycles. The van der Waals surface area contributed by atoms with Gasteiger partial charge in [-0.3, -0.25) is 0 Å². The lowest BCUT2D eigenvalue weighted by Gasteiger charge is -2.10. The van der Waals surface area contributed by atoms with E-state index in [-0.39, 0.29) is 0 Å². The molecule has 94 valence electrons. The van der Waals surface area contributed by atoms with Crippen molar-refractivity contribution in [2.24, 2.45) is 0 Å². The second-order valence-corrected chi connectivity index (χ2v) is 4.91. The summed E-state index contributed by atoms with van der Waals surface area (Å²) in [6.45, 7) is 5.68. The van der Waals surface area contributed by atoms with Crippen molar-refractivity contribution in [2.45, 2.75) is 38.5 Å². The van der Waals surface area contributed by atoms with Crippen LogP contribution in [0.4, 0.5) is 5.69 Å². The summed E-state index contributed by atoms with van der Waals surface area (Å²) < 4.78 is 0. The van der Waals surface area contributed by atoms with Crippen LogP contribution in [0.1, 0.15) is 44.1 Å². The quantitative estimate of drug-likeness (QED) is 0.704. The van der Waals surface area contributed by atoms with Gasteiger partial charge in [0.25, 0.3) is 0 Å². The largest absolute Gasteiger partial charge is 0.384 e. The molecule has 0 spiro atoms. The molecule has 1 aliphatic rings. The fourth-order valence-electron chi connectivity index (χ4n) is 2.52. The maximum Gasteiger partial charge on any atom is 0.0376 e. The minimum Gasteiger partial charge on any atom is -0.384 e. The van der Waals surface area contributed by atoms with Gasteiger partial charge >= 0.3 is 0 Å². The summed E-state index contributed by atoms with van der Waals surface area (Å²) in [6, 6.07) is 8.70. The van der Waals surface area contributed by atoms with Crippen molar-refractivity contribution in [2.75, 3.05) is 25.0 Å². The number of benzene rings is 1. The highest BCUT2D eigenvalue weighted by Gasteiger charge is 2.20. The van der Waals surface area contributed by atoms with E-state index < -0.39 is 0 Å². The highest BCUT2D eigenvalue weighted by atomic mass is 14.9. The van der Waals surface area contributed by atoms with Gasteiger partial charge in [0.2, 0.25) is 0 Å². The summed E-state index contributed by atoms with van der Waals surface area (Å²) >= 11 is 0. The summed E-state index contributed by atoms with van der Waals surface area (Å²) in [5, 5.41) is 7.03. The fourth-order valence-corrected chi connectivity index (χ4v) is 2.52. The second kappa shape index (κ2) is 6.65. The molecule has 1 atom stereocenters. The van der Waals surface area contributed by atoms with Crippen LogP contribution in [0.25, 0.3) is 0 Å². The molecule has 1 aromatic carbocycles. The lowest BCUT2D eigenvalue weighted by molar-refractivity contribution is 0.567. The van der Waals surface area contributed by atoms with Crippen molar-refractivity contribution in [3.05, 3.63) is 29.8 Å². The number of anilines is 1. The second-order valence-electron chi connectivity index (χ2n) is 4.91. The van der Waals surface area contributed by atoms with Gasteiger partial charge in [0.1, 0.15) is 0 Å². The van der Waals surface area contributed by atoms with E-state index in [2.05, 4.69) is 41.8 Å². The average Bonchev–Trinajstić information content (AvgIpc) is 2.77. The van der Waals surface area contributed by atoms with Crippen molar-refractivity contribution < 1.29 is 0 Å². The number of nitrogens with one attached hydrogen (secondary N) is 2. The fraction of sp³-hybridized carbons (Fsp3) is 0.600. The number of rotatable bonds is 7. The lowest BCUT2D eigenvalue weighted by Crippen LogP contribution is -2.19. The smallest absolute Gasteiger partial charge is 0.0376 e. The molecule has 1 aliphatic heterocycles. The SMILES string of the molecule is CCCCCNCCC1CNc2ccccc21. The molecular formula is C15H24N2. The first-order valence-corrected chi connectivity index (χ1v) is 6.95. The van der Waals surface area contributed by atoms with Crippen LogP contribution in [-0.4, -0.2) is 19.6 Å². The molecule has 1 unspecified atom stereocenters. The Bertz CT molecular complexity index is 335. The molecule has 2 rings (SSSR count). The Morgan fingerprint density at radius 3 is 3.00 bits per heavy atom. The molecule has 0 saturated heterocycles. The average molecular weight is 232 g/mol. The number of para-hydroxylation sites is 1. The molecule has 0 bridgehead atoms. The van der Waals surface area contributed by atoms with Crippen LogP contribution >= 0.6 is 0 Å². The Balaban J connectivity index is 1.68. The summed E-state index contributed by atoms with van der Waals surface area (Å²) in [5.74, 6) is 0.699. The van der Waals surface area contributed by atoms with E-state index in [4.69, 9.17) is 0 Å². The number of hydrogen-bond donors (Lipinski definition) is 2. The maximum absolute atomic E-state index is 3.55. The number of fused-ring (bicyclic) bond motifs is 1. The summed E-state index contributed by atoms with van der Waals surface area (Å²) in [6.07, 6.45) is 5.22. The van der Waals surface area contributed by atoms with Crippen LogP contribution in [0.5, 0.6) is 0 Å². The van der Waals surface area contributed by atoms with E-state index in [1.54, 1.807) is 0 Å². The zero-order valence-corrected chi connectivity index (χ0v) is 10.8. The Kier molecular flexibility index (Phi) is 4.87. The molecule has 0 saturated carbocycles. The predicted octanol–water partition coefficient (Wildman–Crippen LogP) is 3.37. The first kappa shape index (κ1) is 12.4. The maximum atomic E-state index is 3.55. The molecule has 0 radical (unpaired) electrons. The highest BCUT2D eigenvalue weighted by molar-refractivity contribution is 5.57. The third kappa shape index (κ3) is 3.47. The zero-order valence-electron chi connectivity index (χ0n) is 10.8. The van der Waals surface area contributed by atoms with Crippen LogP contribution < -0.4 is 10.6 Å². The van der Waals surface area contributed by atoms with E-state index in [1.165, 1.54) is 43.5 Å². The summed E-state index contributed by atoms with van der Waals surface area (Å²) in [4.78, 5) is 0. The van der Waals surface area contributed by atoms with Gasteiger partial charge in [-0.2, -0.15) is 0 Å². The van der Waals surface area contributed by atoms with Gasteiger partial charge in [-0.25, -0.2) is 0 Å². The monoisotopic (exact) mass is 232 g/mol. The topological polar surface area (TPSA) is 24.1 Å². The van der Waals surface area contributed by atoms with Gasteiger partial charge in [0.05, 0.1) is 0 Å². The van der Waals surface area contributed by atoms with Gasteiger partial charge in [-0.1, -0.05) is 38.0 Å². The Morgan fingerprint density at radius 1 is 1.24 bits per heavy atom. The molecule has 1 aromatic rings. The van der Waals surface area contributed by atoms with Crippen molar-refractivity contribution in [1.29, 1.82) is 0 Å². The van der Waals surface area contributed by atoms with Gasteiger partial charge < -0.3 is 10.6 Å². The summed E-state index contributed by atoms with van der Waals surface area (Å²) in [5.41, 5.74) is 2.84. The van der Waals surface area contributed by atoms with Crippen LogP contribution in [0.15, 0.2) is 24.3 Å². The van der Waals surface area contributed by atoms with E-state index in [9.17, 15) is 0 Å². The lowest BCUT2D eigenvalue weighted by atomic mass is 9.98. The number of unbranched alkanes of at least 4 members (excludes halogenated alkanes) is 2. The van der Waals surface area contributed by atoms with Crippen molar-refractivity contribution in [1.82, 2.24) is 5.32 Å². The number of hydrogen-bond acceptors (Lipinski definition) is 2. The van der Waals surface area contributed by atoms with Crippen LogP contribution in [0, 0.1) is 0 Å². The van der Waals surface area contributed by atoms with E-state index in [0.717, 1.165) is 13.1 Å². The van der Waals surface area contributed by atoms with Gasteiger partial charge in [-0.05, 0) is 37.6 Å². The van der Waals surface area contributed by atoms with Crippen LogP contribution in [-0.2, 0) is 0 Å². The molecule has 2 nitrogen and oxygen atoms in total. The molecule has 2 N–H and O–H groups in total. The standard InChI is InChI=1S/C15H24N2/c1-2-3-6-10-16-11-9-13-12-17-15-8-5-4-7-14(13)15/h4-5,7-8,13,16-17H,2-3,6,9-12H2,1H3.